The Bertz CT molecular complexity index is 1090. The lowest BCUT2D eigenvalue weighted by Gasteiger charge is -2.24. The number of aromatic nitrogens is 2. The first-order valence-corrected chi connectivity index (χ1v) is 9.98. The van der Waals surface area contributed by atoms with Crippen LogP contribution in [0.15, 0.2) is 41.1 Å². The molecule has 1 saturated heterocycles. The number of nitrogens with one attached hydrogen (secondary N) is 1. The number of aliphatic hydroxyl groups is 1. The van der Waals surface area contributed by atoms with Crippen molar-refractivity contribution >= 4 is 22.8 Å². The summed E-state index contributed by atoms with van der Waals surface area (Å²) in [6, 6.07) is 9.52. The maximum Gasteiger partial charge on any atom is 0.258 e. The van der Waals surface area contributed by atoms with E-state index in [1.165, 1.54) is 6.33 Å². The Morgan fingerprint density at radius 2 is 1.97 bits per heavy atom. The number of rotatable bonds is 4. The highest BCUT2D eigenvalue weighted by Gasteiger charge is 2.42. The molecule has 29 heavy (non-hydrogen) atoms. The molecule has 1 aromatic carbocycles. The van der Waals surface area contributed by atoms with E-state index in [2.05, 4.69) is 22.2 Å². The Morgan fingerprint density at radius 1 is 1.21 bits per heavy atom. The standard InChI is InChI=1S/C22H24N4O3/c1-14-16(17-18(25-21(2)8-9-21)23-13-24-19(17)29-14)20(27)26-11-10-22(28,12-26)15-6-4-3-5-7-15/h3-7,13,28H,8-12H2,1-2H3,(H,23,24,25). The summed E-state index contributed by atoms with van der Waals surface area (Å²) in [5, 5.41) is 15.2. The van der Waals surface area contributed by atoms with E-state index < -0.39 is 5.60 Å². The minimum Gasteiger partial charge on any atom is -0.442 e. The van der Waals surface area contributed by atoms with Gasteiger partial charge in [-0.3, -0.25) is 4.79 Å². The summed E-state index contributed by atoms with van der Waals surface area (Å²) < 4.78 is 5.79. The third kappa shape index (κ3) is 3.06. The van der Waals surface area contributed by atoms with E-state index in [0.717, 1.165) is 18.4 Å². The summed E-state index contributed by atoms with van der Waals surface area (Å²) in [6.07, 6.45) is 4.08. The second-order valence-electron chi connectivity index (χ2n) is 8.50. The second-order valence-corrected chi connectivity index (χ2v) is 8.50. The zero-order valence-electron chi connectivity index (χ0n) is 16.6. The Labute approximate surface area is 168 Å². The topological polar surface area (TPSA) is 91.5 Å². The molecule has 5 rings (SSSR count). The molecule has 7 heteroatoms. The van der Waals surface area contributed by atoms with Gasteiger partial charge in [-0.25, -0.2) is 9.97 Å². The average molecular weight is 392 g/mol. The first-order valence-electron chi connectivity index (χ1n) is 9.98. The predicted molar refractivity (Wildman–Crippen MR) is 109 cm³/mol. The lowest BCUT2D eigenvalue weighted by Crippen LogP contribution is -2.34. The fraction of sp³-hybridized carbons (Fsp3) is 0.409. The number of carbonyl (C=O) groups is 1. The number of likely N-dealkylation sites (tertiary alicyclic amines) is 1. The average Bonchev–Trinajstić information content (AvgIpc) is 3.14. The fourth-order valence-electron chi connectivity index (χ4n) is 4.10. The zero-order chi connectivity index (χ0) is 20.2. The smallest absolute Gasteiger partial charge is 0.258 e. The molecule has 2 aliphatic rings. The molecule has 3 heterocycles. The maximum atomic E-state index is 13.5. The number of β-amino-alcohol motifs (C(OH)–C–C–N with tert-alkyl or cyclic N) is 1. The van der Waals surface area contributed by atoms with Gasteiger partial charge in [-0.2, -0.15) is 0 Å². The first-order chi connectivity index (χ1) is 13.9. The lowest BCUT2D eigenvalue weighted by atomic mass is 9.93. The largest absolute Gasteiger partial charge is 0.442 e. The second kappa shape index (κ2) is 6.29. The van der Waals surface area contributed by atoms with Crippen molar-refractivity contribution in [3.05, 3.63) is 53.5 Å². The molecule has 1 unspecified atom stereocenters. The van der Waals surface area contributed by atoms with Gasteiger partial charge < -0.3 is 19.7 Å². The summed E-state index contributed by atoms with van der Waals surface area (Å²) in [5.41, 5.74) is 0.684. The molecule has 2 aromatic heterocycles. The van der Waals surface area contributed by atoms with Crippen LogP contribution in [0.5, 0.6) is 0 Å². The van der Waals surface area contributed by atoms with E-state index in [1.54, 1.807) is 11.8 Å². The van der Waals surface area contributed by atoms with Crippen LogP contribution in [0.3, 0.4) is 0 Å². The molecule has 1 aliphatic heterocycles. The number of hydrogen-bond acceptors (Lipinski definition) is 6. The number of aryl methyl sites for hydroxylation is 1. The van der Waals surface area contributed by atoms with Gasteiger partial charge in [0.25, 0.3) is 5.91 Å². The first kappa shape index (κ1) is 18.1. The van der Waals surface area contributed by atoms with Crippen LogP contribution in [0.1, 0.15) is 47.9 Å². The summed E-state index contributed by atoms with van der Waals surface area (Å²) in [6.45, 7) is 4.63. The van der Waals surface area contributed by atoms with Gasteiger partial charge in [0.1, 0.15) is 23.5 Å². The predicted octanol–water partition coefficient (Wildman–Crippen LogP) is 3.23. The third-order valence-corrected chi connectivity index (χ3v) is 6.14. The molecule has 7 nitrogen and oxygen atoms in total. The molecule has 0 bridgehead atoms. The molecule has 1 saturated carbocycles. The molecule has 2 N–H and O–H groups in total. The van der Waals surface area contributed by atoms with Gasteiger partial charge in [0.15, 0.2) is 0 Å². The summed E-state index contributed by atoms with van der Waals surface area (Å²) in [7, 11) is 0. The van der Waals surface area contributed by atoms with Crippen molar-refractivity contribution < 1.29 is 14.3 Å². The van der Waals surface area contributed by atoms with Gasteiger partial charge in [0.2, 0.25) is 5.71 Å². The number of benzene rings is 1. The number of carbonyl (C=O) groups excluding carboxylic acids is 1. The van der Waals surface area contributed by atoms with Crippen molar-refractivity contribution in [1.82, 2.24) is 14.9 Å². The molecule has 2 fully saturated rings. The quantitative estimate of drug-likeness (QED) is 0.708. The number of anilines is 1. The number of furan rings is 1. The minimum absolute atomic E-state index is 0.00792. The van der Waals surface area contributed by atoms with E-state index in [1.807, 2.05) is 30.3 Å². The summed E-state index contributed by atoms with van der Waals surface area (Å²) in [5.74, 6) is 0.990. The number of fused-ring (bicyclic) bond motifs is 1. The highest BCUT2D eigenvalue weighted by Crippen LogP contribution is 2.41. The summed E-state index contributed by atoms with van der Waals surface area (Å²) >= 11 is 0. The van der Waals surface area contributed by atoms with Gasteiger partial charge in [0, 0.05) is 12.1 Å². The highest BCUT2D eigenvalue weighted by atomic mass is 16.3. The molecule has 1 amide bonds. The van der Waals surface area contributed by atoms with Gasteiger partial charge >= 0.3 is 0 Å². The minimum atomic E-state index is -1.04. The molecule has 0 spiro atoms. The highest BCUT2D eigenvalue weighted by molar-refractivity contribution is 6.10. The molecule has 150 valence electrons. The fourth-order valence-corrected chi connectivity index (χ4v) is 4.10. The van der Waals surface area contributed by atoms with Crippen molar-refractivity contribution in [1.29, 1.82) is 0 Å². The molecule has 1 aliphatic carbocycles. The number of nitrogens with zero attached hydrogens (tertiary/aromatic N) is 3. The van der Waals surface area contributed by atoms with Crippen molar-refractivity contribution in [2.75, 3.05) is 18.4 Å². The third-order valence-electron chi connectivity index (χ3n) is 6.14. The van der Waals surface area contributed by atoms with Crippen LogP contribution in [0, 0.1) is 6.92 Å². The van der Waals surface area contributed by atoms with Crippen LogP contribution in [-0.4, -0.2) is 44.5 Å². The van der Waals surface area contributed by atoms with Crippen LogP contribution in [0.2, 0.25) is 0 Å². The number of hydrogen-bond donors (Lipinski definition) is 2. The Balaban J connectivity index is 1.49. The van der Waals surface area contributed by atoms with E-state index in [-0.39, 0.29) is 18.0 Å². The van der Waals surface area contributed by atoms with E-state index in [9.17, 15) is 9.90 Å². The normalized spacial score (nSPS) is 22.8. The Morgan fingerprint density at radius 3 is 2.69 bits per heavy atom. The van der Waals surface area contributed by atoms with Crippen molar-refractivity contribution in [2.45, 2.75) is 44.2 Å². The van der Waals surface area contributed by atoms with Crippen molar-refractivity contribution in [3.63, 3.8) is 0 Å². The molecule has 1 atom stereocenters. The number of amides is 1. The molecular weight excluding hydrogens is 368 g/mol. The molecular formula is C22H24N4O3. The Kier molecular flexibility index (Phi) is 3.93. The maximum absolute atomic E-state index is 13.5. The van der Waals surface area contributed by atoms with E-state index >= 15 is 0 Å². The zero-order valence-corrected chi connectivity index (χ0v) is 16.6. The van der Waals surface area contributed by atoms with Gasteiger partial charge in [-0.05, 0) is 38.7 Å². The van der Waals surface area contributed by atoms with Crippen LogP contribution < -0.4 is 5.32 Å². The Hall–Kier alpha value is -2.93. The van der Waals surface area contributed by atoms with Gasteiger partial charge in [-0.1, -0.05) is 30.3 Å². The lowest BCUT2D eigenvalue weighted by molar-refractivity contribution is 0.0417. The van der Waals surface area contributed by atoms with E-state index in [0.29, 0.717) is 41.2 Å². The van der Waals surface area contributed by atoms with Gasteiger partial charge in [-0.15, -0.1) is 0 Å². The monoisotopic (exact) mass is 392 g/mol. The van der Waals surface area contributed by atoms with Crippen LogP contribution in [-0.2, 0) is 5.60 Å². The van der Waals surface area contributed by atoms with Crippen LogP contribution in [0.25, 0.3) is 11.1 Å². The van der Waals surface area contributed by atoms with Crippen molar-refractivity contribution in [2.24, 2.45) is 0 Å². The summed E-state index contributed by atoms with van der Waals surface area (Å²) in [4.78, 5) is 23.8. The van der Waals surface area contributed by atoms with Gasteiger partial charge in [0.05, 0.1) is 17.5 Å². The van der Waals surface area contributed by atoms with Crippen LogP contribution >= 0.6 is 0 Å². The van der Waals surface area contributed by atoms with E-state index in [4.69, 9.17) is 4.42 Å². The van der Waals surface area contributed by atoms with Crippen LogP contribution in [0.4, 0.5) is 5.82 Å². The molecule has 3 aromatic rings. The molecule has 0 radical (unpaired) electrons. The van der Waals surface area contributed by atoms with Crippen molar-refractivity contribution in [3.8, 4) is 0 Å². The SMILES string of the molecule is Cc1oc2ncnc(NC3(C)CC3)c2c1C(=O)N1CCC(O)(c2ccccc2)C1.